The Hall–Kier alpha value is -4.00. The quantitative estimate of drug-likeness (QED) is 0.535. The first-order chi connectivity index (χ1) is 14.8. The first-order valence-corrected chi connectivity index (χ1v) is 9.72. The van der Waals surface area contributed by atoms with Gasteiger partial charge in [-0.1, -0.05) is 59.8 Å². The minimum Gasteiger partial charge on any atom is -0.485 e. The number of hydrazone groups is 1. The van der Waals surface area contributed by atoms with Crippen LogP contribution in [0.5, 0.6) is 5.75 Å². The second kappa shape index (κ2) is 7.79. The Kier molecular flexibility index (Phi) is 4.69. The SMILES string of the molecule is O=C(Cn1nnc2ccccc21)N/N=C1/CC(c2ccccc2)Oc2ccccc21. The van der Waals surface area contributed by atoms with Crippen molar-refractivity contribution in [2.45, 2.75) is 19.1 Å². The third-order valence-electron chi connectivity index (χ3n) is 5.05. The minimum absolute atomic E-state index is 0.0392. The third kappa shape index (κ3) is 3.53. The van der Waals surface area contributed by atoms with Crippen LogP contribution in [0.3, 0.4) is 0 Å². The predicted octanol–water partition coefficient (Wildman–Crippen LogP) is 3.48. The average molecular weight is 397 g/mol. The van der Waals surface area contributed by atoms with Crippen molar-refractivity contribution in [1.29, 1.82) is 0 Å². The van der Waals surface area contributed by atoms with Crippen LogP contribution < -0.4 is 10.2 Å². The Morgan fingerprint density at radius 3 is 2.70 bits per heavy atom. The first-order valence-electron chi connectivity index (χ1n) is 9.72. The molecule has 30 heavy (non-hydrogen) atoms. The van der Waals surface area contributed by atoms with E-state index in [0.29, 0.717) is 6.42 Å². The van der Waals surface area contributed by atoms with E-state index in [1.807, 2.05) is 78.9 Å². The van der Waals surface area contributed by atoms with Gasteiger partial charge in [0.05, 0.1) is 11.2 Å². The van der Waals surface area contributed by atoms with Gasteiger partial charge in [0.15, 0.2) is 0 Å². The second-order valence-electron chi connectivity index (χ2n) is 7.05. The predicted molar refractivity (Wildman–Crippen MR) is 113 cm³/mol. The minimum atomic E-state index is -0.265. The number of carbonyl (C=O) groups is 1. The van der Waals surface area contributed by atoms with Crippen LogP contribution in [0.4, 0.5) is 0 Å². The van der Waals surface area contributed by atoms with E-state index in [1.54, 1.807) is 4.68 Å². The molecule has 148 valence electrons. The number of rotatable bonds is 4. The van der Waals surface area contributed by atoms with Crippen LogP contribution in [0.2, 0.25) is 0 Å². The van der Waals surface area contributed by atoms with Crippen LogP contribution in [0.15, 0.2) is 84.0 Å². The summed E-state index contributed by atoms with van der Waals surface area (Å²) in [6, 6.07) is 25.3. The fourth-order valence-corrected chi connectivity index (χ4v) is 3.58. The molecule has 5 rings (SSSR count). The Morgan fingerprint density at radius 2 is 1.80 bits per heavy atom. The highest BCUT2D eigenvalue weighted by Crippen LogP contribution is 2.34. The Morgan fingerprint density at radius 1 is 1.03 bits per heavy atom. The lowest BCUT2D eigenvalue weighted by Gasteiger charge is -2.27. The van der Waals surface area contributed by atoms with Crippen LogP contribution in [-0.4, -0.2) is 26.6 Å². The molecule has 1 aliphatic rings. The van der Waals surface area contributed by atoms with E-state index in [4.69, 9.17) is 4.74 Å². The fraction of sp³-hybridized carbons (Fsp3) is 0.130. The monoisotopic (exact) mass is 397 g/mol. The summed E-state index contributed by atoms with van der Waals surface area (Å²) in [5, 5.41) is 12.6. The van der Waals surface area contributed by atoms with Gasteiger partial charge >= 0.3 is 0 Å². The van der Waals surface area contributed by atoms with E-state index in [1.165, 1.54) is 0 Å². The Labute approximate surface area is 173 Å². The van der Waals surface area contributed by atoms with Crippen molar-refractivity contribution < 1.29 is 9.53 Å². The molecule has 2 heterocycles. The van der Waals surface area contributed by atoms with Crippen LogP contribution in [0.1, 0.15) is 23.7 Å². The molecular weight excluding hydrogens is 378 g/mol. The van der Waals surface area contributed by atoms with Gasteiger partial charge in [-0.05, 0) is 29.8 Å². The van der Waals surface area contributed by atoms with E-state index >= 15 is 0 Å². The standard InChI is InChI=1S/C23H19N5O2/c29-23(15-28-20-12-6-5-11-18(20)25-27-28)26-24-19-14-22(16-8-2-1-3-9-16)30-21-13-7-4-10-17(19)21/h1-13,22H,14-15H2,(H,26,29)/b24-19-. The summed E-state index contributed by atoms with van der Waals surface area (Å²) in [6.07, 6.45) is 0.407. The highest BCUT2D eigenvalue weighted by Gasteiger charge is 2.26. The smallest absolute Gasteiger partial charge is 0.261 e. The molecule has 1 atom stereocenters. The molecule has 0 bridgehead atoms. The number of aromatic nitrogens is 3. The van der Waals surface area contributed by atoms with Crippen molar-refractivity contribution in [3.63, 3.8) is 0 Å². The second-order valence-corrected chi connectivity index (χ2v) is 7.05. The molecule has 4 aromatic rings. The molecule has 1 aromatic heterocycles. The topological polar surface area (TPSA) is 81.4 Å². The van der Waals surface area contributed by atoms with Gasteiger partial charge in [0.1, 0.15) is 23.9 Å². The fourth-order valence-electron chi connectivity index (χ4n) is 3.58. The van der Waals surface area contributed by atoms with Crippen molar-refractivity contribution >= 4 is 22.7 Å². The molecule has 1 aliphatic heterocycles. The van der Waals surface area contributed by atoms with Crippen molar-refractivity contribution in [1.82, 2.24) is 20.4 Å². The summed E-state index contributed by atoms with van der Waals surface area (Å²) >= 11 is 0. The Bertz CT molecular complexity index is 1230. The summed E-state index contributed by atoms with van der Waals surface area (Å²) in [5.74, 6) is 0.492. The number of hydrogen-bond acceptors (Lipinski definition) is 5. The highest BCUT2D eigenvalue weighted by atomic mass is 16.5. The van der Waals surface area contributed by atoms with Crippen LogP contribution in [-0.2, 0) is 11.3 Å². The molecule has 1 N–H and O–H groups in total. The molecular formula is C23H19N5O2. The van der Waals surface area contributed by atoms with Gasteiger partial charge in [-0.3, -0.25) is 4.79 Å². The van der Waals surface area contributed by atoms with E-state index in [2.05, 4.69) is 20.8 Å². The third-order valence-corrected chi connectivity index (χ3v) is 5.05. The van der Waals surface area contributed by atoms with Crippen molar-refractivity contribution in [2.24, 2.45) is 5.10 Å². The average Bonchev–Trinajstić information content (AvgIpc) is 3.20. The van der Waals surface area contributed by atoms with Gasteiger partial charge in [-0.2, -0.15) is 5.10 Å². The summed E-state index contributed by atoms with van der Waals surface area (Å²) in [6.45, 7) is 0.0392. The maximum Gasteiger partial charge on any atom is 0.261 e. The molecule has 0 fully saturated rings. The molecule has 0 saturated heterocycles. The maximum absolute atomic E-state index is 12.5. The van der Waals surface area contributed by atoms with Gasteiger partial charge in [-0.25, -0.2) is 10.1 Å². The zero-order valence-electron chi connectivity index (χ0n) is 16.1. The number of ether oxygens (including phenoxy) is 1. The molecule has 1 unspecified atom stereocenters. The zero-order valence-corrected chi connectivity index (χ0v) is 16.1. The van der Waals surface area contributed by atoms with Crippen LogP contribution >= 0.6 is 0 Å². The van der Waals surface area contributed by atoms with E-state index in [0.717, 1.165) is 33.6 Å². The summed E-state index contributed by atoms with van der Waals surface area (Å²) < 4.78 is 7.74. The number of benzene rings is 3. The molecule has 0 aliphatic carbocycles. The lowest BCUT2D eigenvalue weighted by Crippen LogP contribution is -2.28. The molecule has 7 nitrogen and oxygen atoms in total. The number of nitrogens with one attached hydrogen (secondary N) is 1. The molecule has 7 heteroatoms. The van der Waals surface area contributed by atoms with Crippen molar-refractivity contribution in [3.05, 3.63) is 90.0 Å². The Balaban J connectivity index is 1.37. The zero-order chi connectivity index (χ0) is 20.3. The van der Waals surface area contributed by atoms with Gasteiger partial charge in [0.25, 0.3) is 5.91 Å². The van der Waals surface area contributed by atoms with Gasteiger partial charge in [0.2, 0.25) is 0 Å². The first kappa shape index (κ1) is 18.1. The highest BCUT2D eigenvalue weighted by molar-refractivity contribution is 6.04. The van der Waals surface area contributed by atoms with Crippen LogP contribution in [0, 0.1) is 0 Å². The molecule has 0 saturated carbocycles. The van der Waals surface area contributed by atoms with E-state index in [9.17, 15) is 4.79 Å². The molecule has 1 amide bonds. The van der Waals surface area contributed by atoms with Gasteiger partial charge < -0.3 is 4.74 Å². The number of fused-ring (bicyclic) bond motifs is 2. The molecule has 0 spiro atoms. The van der Waals surface area contributed by atoms with Crippen molar-refractivity contribution in [2.75, 3.05) is 0 Å². The molecule has 0 radical (unpaired) electrons. The normalized spacial score (nSPS) is 16.8. The van der Waals surface area contributed by atoms with E-state index < -0.39 is 0 Å². The number of para-hydroxylation sites is 2. The maximum atomic E-state index is 12.5. The summed E-state index contributed by atoms with van der Waals surface area (Å²) in [5.41, 5.74) is 6.97. The van der Waals surface area contributed by atoms with Gasteiger partial charge in [-0.15, -0.1) is 5.10 Å². The lowest BCUT2D eigenvalue weighted by molar-refractivity contribution is -0.121. The lowest BCUT2D eigenvalue weighted by atomic mass is 9.96. The summed E-state index contributed by atoms with van der Waals surface area (Å²) in [7, 11) is 0. The van der Waals surface area contributed by atoms with E-state index in [-0.39, 0.29) is 18.6 Å². The number of amides is 1. The van der Waals surface area contributed by atoms with Gasteiger partial charge in [0, 0.05) is 12.0 Å². The summed E-state index contributed by atoms with van der Waals surface area (Å²) in [4.78, 5) is 12.5. The number of carbonyl (C=O) groups excluding carboxylic acids is 1. The number of hydrogen-bond donors (Lipinski definition) is 1. The van der Waals surface area contributed by atoms with Crippen LogP contribution in [0.25, 0.3) is 11.0 Å². The van der Waals surface area contributed by atoms with Crippen molar-refractivity contribution in [3.8, 4) is 5.75 Å². The number of nitrogens with zero attached hydrogens (tertiary/aromatic N) is 4. The largest absolute Gasteiger partial charge is 0.485 e. The molecule has 3 aromatic carbocycles.